The number of carbonyl (C=O) groups is 1. The van der Waals surface area contributed by atoms with Gasteiger partial charge < -0.3 is 9.80 Å². The zero-order valence-electron chi connectivity index (χ0n) is 15.2. The largest absolute Gasteiger partial charge is 0.340 e. The molecule has 3 aliphatic rings. The quantitative estimate of drug-likeness (QED) is 0.754. The number of allylic oxidation sites excluding steroid dienone is 2. The minimum absolute atomic E-state index is 0.260. The van der Waals surface area contributed by atoms with Gasteiger partial charge in [-0.2, -0.15) is 0 Å². The van der Waals surface area contributed by atoms with E-state index in [2.05, 4.69) is 22.0 Å². The van der Waals surface area contributed by atoms with Gasteiger partial charge in [0, 0.05) is 24.9 Å². The zero-order chi connectivity index (χ0) is 17.3. The number of hydrogen-bond acceptors (Lipinski definition) is 4. The molecule has 1 aromatic heterocycles. The van der Waals surface area contributed by atoms with Crippen molar-refractivity contribution in [3.8, 4) is 0 Å². The topological polar surface area (TPSA) is 36.4 Å². The molecule has 4 rings (SSSR count). The van der Waals surface area contributed by atoms with Gasteiger partial charge in [-0.1, -0.05) is 12.2 Å². The maximum absolute atomic E-state index is 12.8. The van der Waals surface area contributed by atoms with Crippen LogP contribution in [0.3, 0.4) is 0 Å². The monoisotopic (exact) mass is 359 g/mol. The molecule has 1 saturated carbocycles. The van der Waals surface area contributed by atoms with E-state index in [1.54, 1.807) is 11.3 Å². The molecule has 136 valence electrons. The number of likely N-dealkylation sites (tertiary alicyclic amines) is 1. The predicted octanol–water partition coefficient (Wildman–Crippen LogP) is 3.56. The summed E-state index contributed by atoms with van der Waals surface area (Å²) >= 11 is 1.59. The molecule has 5 heteroatoms. The van der Waals surface area contributed by atoms with Crippen LogP contribution in [0.25, 0.3) is 0 Å². The molecule has 2 heterocycles. The zero-order valence-corrected chi connectivity index (χ0v) is 16.0. The highest BCUT2D eigenvalue weighted by Crippen LogP contribution is 2.60. The Bertz CT molecular complexity index is 619. The standard InChI is InChI=1S/C20H29N3OS/c1-22(13-17-14-25-15-21-17)19(24)18-11-20(18)7-9-23(10-8-20)12-16-5-3-2-4-6-16/h2-3,14-16,18H,4-13H2,1H3. The second-order valence-electron chi connectivity index (χ2n) is 8.24. The molecule has 2 atom stereocenters. The van der Waals surface area contributed by atoms with E-state index in [4.69, 9.17) is 0 Å². The van der Waals surface area contributed by atoms with E-state index in [1.165, 1.54) is 51.7 Å². The van der Waals surface area contributed by atoms with Crippen LogP contribution in [0.5, 0.6) is 0 Å². The van der Waals surface area contributed by atoms with E-state index in [1.807, 2.05) is 22.8 Å². The first-order valence-corrected chi connectivity index (χ1v) is 10.6. The number of thiazole rings is 1. The van der Waals surface area contributed by atoms with Crippen LogP contribution in [0.15, 0.2) is 23.0 Å². The van der Waals surface area contributed by atoms with E-state index in [0.717, 1.165) is 18.0 Å². The minimum atomic E-state index is 0.260. The molecular weight excluding hydrogens is 330 g/mol. The van der Waals surface area contributed by atoms with Crippen LogP contribution < -0.4 is 0 Å². The molecule has 2 aliphatic carbocycles. The number of hydrogen-bond donors (Lipinski definition) is 0. The lowest BCUT2D eigenvalue weighted by molar-refractivity contribution is -0.133. The van der Waals surface area contributed by atoms with Crippen molar-refractivity contribution < 1.29 is 4.79 Å². The summed E-state index contributed by atoms with van der Waals surface area (Å²) in [7, 11) is 1.93. The highest BCUT2D eigenvalue weighted by molar-refractivity contribution is 7.07. The molecule has 1 aliphatic heterocycles. The summed E-state index contributed by atoms with van der Waals surface area (Å²) in [5.74, 6) is 1.44. The van der Waals surface area contributed by atoms with E-state index in [9.17, 15) is 4.79 Å². The van der Waals surface area contributed by atoms with Crippen LogP contribution in [0.1, 0.15) is 44.2 Å². The van der Waals surface area contributed by atoms with Crippen LogP contribution >= 0.6 is 11.3 Å². The molecule has 0 bridgehead atoms. The first kappa shape index (κ1) is 17.2. The van der Waals surface area contributed by atoms with Crippen molar-refractivity contribution in [1.82, 2.24) is 14.8 Å². The van der Waals surface area contributed by atoms with E-state index in [-0.39, 0.29) is 5.92 Å². The van der Waals surface area contributed by atoms with Gasteiger partial charge in [0.1, 0.15) is 0 Å². The number of aromatic nitrogens is 1. The summed E-state index contributed by atoms with van der Waals surface area (Å²) in [4.78, 5) is 21.6. The SMILES string of the molecule is CN(Cc1cscn1)C(=O)C1CC12CCN(CC1CC=CCC1)CC2. The highest BCUT2D eigenvalue weighted by atomic mass is 32.1. The Hall–Kier alpha value is -1.20. The number of nitrogens with zero attached hydrogens (tertiary/aromatic N) is 3. The molecule has 0 N–H and O–H groups in total. The number of rotatable bonds is 5. The van der Waals surface area contributed by atoms with Crippen molar-refractivity contribution in [2.45, 2.75) is 45.1 Å². The van der Waals surface area contributed by atoms with Gasteiger partial charge in [-0.05, 0) is 62.9 Å². The second-order valence-corrected chi connectivity index (χ2v) is 8.96. The summed E-state index contributed by atoms with van der Waals surface area (Å²) < 4.78 is 0. The third kappa shape index (κ3) is 3.82. The van der Waals surface area contributed by atoms with Crippen molar-refractivity contribution in [1.29, 1.82) is 0 Å². The van der Waals surface area contributed by atoms with Crippen molar-refractivity contribution in [3.63, 3.8) is 0 Å². The fourth-order valence-corrected chi connectivity index (χ4v) is 5.27. The molecule has 1 amide bonds. The third-order valence-electron chi connectivity index (χ3n) is 6.49. The van der Waals surface area contributed by atoms with Crippen molar-refractivity contribution in [2.24, 2.45) is 17.3 Å². The summed E-state index contributed by atoms with van der Waals surface area (Å²) in [6, 6.07) is 0. The molecule has 4 nitrogen and oxygen atoms in total. The van der Waals surface area contributed by atoms with E-state index in [0.29, 0.717) is 17.9 Å². The Kier molecular flexibility index (Phi) is 4.96. The number of piperidine rings is 1. The molecule has 1 spiro atoms. The van der Waals surface area contributed by atoms with Gasteiger partial charge in [0.25, 0.3) is 0 Å². The van der Waals surface area contributed by atoms with Gasteiger partial charge in [0.2, 0.25) is 5.91 Å². The smallest absolute Gasteiger partial charge is 0.226 e. The Balaban J connectivity index is 1.25. The van der Waals surface area contributed by atoms with Crippen LogP contribution in [-0.2, 0) is 11.3 Å². The van der Waals surface area contributed by atoms with Crippen LogP contribution in [0, 0.1) is 17.3 Å². The molecule has 1 saturated heterocycles. The van der Waals surface area contributed by atoms with Gasteiger partial charge in [-0.3, -0.25) is 4.79 Å². The lowest BCUT2D eigenvalue weighted by Crippen LogP contribution is -2.39. The van der Waals surface area contributed by atoms with Gasteiger partial charge in [-0.25, -0.2) is 4.98 Å². The molecule has 2 fully saturated rings. The molecule has 0 radical (unpaired) electrons. The van der Waals surface area contributed by atoms with E-state index < -0.39 is 0 Å². The van der Waals surface area contributed by atoms with Gasteiger partial charge >= 0.3 is 0 Å². The lowest BCUT2D eigenvalue weighted by atomic mass is 9.88. The summed E-state index contributed by atoms with van der Waals surface area (Å²) in [6.45, 7) is 4.26. The maximum atomic E-state index is 12.8. The molecular formula is C20H29N3OS. The van der Waals surface area contributed by atoms with Crippen molar-refractivity contribution in [3.05, 3.63) is 28.7 Å². The normalized spacial score (nSPS) is 28.2. The van der Waals surface area contributed by atoms with Gasteiger partial charge in [0.05, 0.1) is 17.7 Å². The van der Waals surface area contributed by atoms with Crippen LogP contribution in [0.4, 0.5) is 0 Å². The van der Waals surface area contributed by atoms with Crippen LogP contribution in [-0.4, -0.2) is 47.4 Å². The minimum Gasteiger partial charge on any atom is -0.340 e. The maximum Gasteiger partial charge on any atom is 0.226 e. The van der Waals surface area contributed by atoms with Crippen molar-refractivity contribution >= 4 is 17.2 Å². The molecule has 0 aromatic carbocycles. The number of amides is 1. The fraction of sp³-hybridized carbons (Fsp3) is 0.700. The Labute approximate surface area is 154 Å². The van der Waals surface area contributed by atoms with Crippen LogP contribution in [0.2, 0.25) is 0 Å². The van der Waals surface area contributed by atoms with Crippen molar-refractivity contribution in [2.75, 3.05) is 26.7 Å². The summed E-state index contributed by atoms with van der Waals surface area (Å²) in [5, 5.41) is 2.03. The average Bonchev–Trinajstić information content (AvgIpc) is 3.07. The second kappa shape index (κ2) is 7.20. The number of carbonyl (C=O) groups excluding carboxylic acids is 1. The Morgan fingerprint density at radius 3 is 2.92 bits per heavy atom. The first-order chi connectivity index (χ1) is 12.2. The summed E-state index contributed by atoms with van der Waals surface area (Å²) in [6.07, 6.45) is 12.0. The Morgan fingerprint density at radius 1 is 1.40 bits per heavy atom. The van der Waals surface area contributed by atoms with E-state index >= 15 is 0 Å². The molecule has 25 heavy (non-hydrogen) atoms. The highest BCUT2D eigenvalue weighted by Gasteiger charge is 2.59. The summed E-state index contributed by atoms with van der Waals surface area (Å²) in [5.41, 5.74) is 3.16. The molecule has 1 aromatic rings. The Morgan fingerprint density at radius 2 is 2.24 bits per heavy atom. The lowest BCUT2D eigenvalue weighted by Gasteiger charge is -2.35. The van der Waals surface area contributed by atoms with Gasteiger partial charge in [0.15, 0.2) is 0 Å². The van der Waals surface area contributed by atoms with Gasteiger partial charge in [-0.15, -0.1) is 11.3 Å². The average molecular weight is 360 g/mol. The fourth-order valence-electron chi connectivity index (χ4n) is 4.72. The predicted molar refractivity (Wildman–Crippen MR) is 101 cm³/mol. The third-order valence-corrected chi connectivity index (χ3v) is 7.13. The molecule has 2 unspecified atom stereocenters. The first-order valence-electron chi connectivity index (χ1n) is 9.66.